The van der Waals surface area contributed by atoms with Crippen LogP contribution in [0, 0.1) is 0 Å². The van der Waals surface area contributed by atoms with Crippen molar-refractivity contribution in [3.8, 4) is 5.75 Å². The van der Waals surface area contributed by atoms with Gasteiger partial charge < -0.3 is 19.4 Å². The molecular weight excluding hydrogens is 402 g/mol. The summed E-state index contributed by atoms with van der Waals surface area (Å²) in [6.07, 6.45) is 0. The summed E-state index contributed by atoms with van der Waals surface area (Å²) in [5, 5.41) is 5.93. The Morgan fingerprint density at radius 2 is 2.03 bits per heavy atom. The third kappa shape index (κ3) is 3.36. The Hall–Kier alpha value is -2.84. The summed E-state index contributed by atoms with van der Waals surface area (Å²) in [6, 6.07) is 11.2. The smallest absolute Gasteiger partial charge is 0.275 e. The molecule has 0 bridgehead atoms. The lowest BCUT2D eigenvalue weighted by atomic mass is 9.93. The van der Waals surface area contributed by atoms with Crippen LogP contribution in [0.2, 0.25) is 0 Å². The molecule has 2 aromatic heterocycles. The Morgan fingerprint density at radius 1 is 1.27 bits per heavy atom. The molecule has 158 valence electrons. The first-order valence-corrected chi connectivity index (χ1v) is 10.8. The van der Waals surface area contributed by atoms with Crippen LogP contribution in [0.4, 0.5) is 5.69 Å². The first-order chi connectivity index (χ1) is 14.5. The van der Waals surface area contributed by atoms with E-state index in [4.69, 9.17) is 9.47 Å². The zero-order valence-electron chi connectivity index (χ0n) is 17.3. The van der Waals surface area contributed by atoms with Crippen molar-refractivity contribution in [1.82, 2.24) is 9.88 Å². The Labute approximate surface area is 179 Å². The summed E-state index contributed by atoms with van der Waals surface area (Å²) in [5.74, 6) is 0.310. The summed E-state index contributed by atoms with van der Waals surface area (Å²) in [4.78, 5) is 29.5. The van der Waals surface area contributed by atoms with Crippen LogP contribution in [0.1, 0.15) is 24.3 Å². The molecule has 0 fully saturated rings. The zero-order chi connectivity index (χ0) is 21.3. The monoisotopic (exact) mass is 427 g/mol. The van der Waals surface area contributed by atoms with E-state index < -0.39 is 5.54 Å². The Morgan fingerprint density at radius 3 is 2.73 bits per heavy atom. The van der Waals surface area contributed by atoms with Crippen molar-refractivity contribution in [2.75, 3.05) is 31.8 Å². The number of aromatic nitrogens is 1. The van der Waals surface area contributed by atoms with E-state index in [1.165, 1.54) is 0 Å². The third-order valence-corrected chi connectivity index (χ3v) is 6.32. The highest BCUT2D eigenvalue weighted by atomic mass is 32.1. The van der Waals surface area contributed by atoms with Gasteiger partial charge in [0.2, 0.25) is 5.91 Å². The van der Waals surface area contributed by atoms with Gasteiger partial charge in [0.05, 0.1) is 19.8 Å². The van der Waals surface area contributed by atoms with Gasteiger partial charge in [0.15, 0.2) is 0 Å². The van der Waals surface area contributed by atoms with Gasteiger partial charge in [-0.05, 0) is 55.6 Å². The van der Waals surface area contributed by atoms with Gasteiger partial charge in [0.1, 0.15) is 21.8 Å². The first-order valence-electron chi connectivity index (χ1n) is 9.91. The first kappa shape index (κ1) is 20.4. The number of carbonyl (C=O) groups is 2. The van der Waals surface area contributed by atoms with Gasteiger partial charge >= 0.3 is 0 Å². The van der Waals surface area contributed by atoms with Gasteiger partial charge in [-0.3, -0.25) is 14.5 Å². The van der Waals surface area contributed by atoms with E-state index in [1.54, 1.807) is 23.3 Å². The number of fused-ring (bicyclic) bond motifs is 3. The van der Waals surface area contributed by atoms with Crippen LogP contribution in [-0.4, -0.2) is 48.8 Å². The average molecular weight is 428 g/mol. The fourth-order valence-corrected chi connectivity index (χ4v) is 4.81. The van der Waals surface area contributed by atoms with Gasteiger partial charge in [-0.25, -0.2) is 0 Å². The molecule has 0 radical (unpaired) electrons. The van der Waals surface area contributed by atoms with E-state index in [9.17, 15) is 9.59 Å². The quantitative estimate of drug-likeness (QED) is 0.588. The molecule has 1 aliphatic rings. The minimum atomic E-state index is -1.10. The number of methoxy groups -OCH3 is 1. The molecule has 1 N–H and O–H groups in total. The molecule has 0 saturated carbocycles. The molecule has 1 unspecified atom stereocenters. The molecule has 1 aliphatic heterocycles. The lowest BCUT2D eigenvalue weighted by Gasteiger charge is -2.44. The van der Waals surface area contributed by atoms with Crippen molar-refractivity contribution in [3.63, 3.8) is 0 Å². The van der Waals surface area contributed by atoms with Crippen LogP contribution >= 0.6 is 11.3 Å². The largest absolute Gasteiger partial charge is 0.494 e. The van der Waals surface area contributed by atoms with Crippen LogP contribution < -0.4 is 15.0 Å². The van der Waals surface area contributed by atoms with Crippen molar-refractivity contribution < 1.29 is 19.1 Å². The Bertz CT molecular complexity index is 1070. The maximum atomic E-state index is 13.6. The normalized spacial score (nSPS) is 18.5. The number of amides is 2. The minimum absolute atomic E-state index is 0.196. The van der Waals surface area contributed by atoms with Crippen LogP contribution in [0.3, 0.4) is 0 Å². The highest BCUT2D eigenvalue weighted by molar-refractivity contribution is 7.16. The molecule has 8 heteroatoms. The molecule has 3 heterocycles. The molecule has 4 rings (SSSR count). The Kier molecular flexibility index (Phi) is 5.53. The molecule has 3 aromatic rings. The summed E-state index contributed by atoms with van der Waals surface area (Å²) in [5.41, 5.74) is 0.150. The number of ether oxygens (including phenoxy) is 2. The van der Waals surface area contributed by atoms with Gasteiger partial charge in [0.25, 0.3) is 5.91 Å². The predicted molar refractivity (Wildman–Crippen MR) is 118 cm³/mol. The van der Waals surface area contributed by atoms with Crippen molar-refractivity contribution in [2.45, 2.75) is 25.9 Å². The minimum Gasteiger partial charge on any atom is -0.494 e. The number of thiophene rings is 1. The topological polar surface area (TPSA) is 72.8 Å². The maximum Gasteiger partial charge on any atom is 0.275 e. The van der Waals surface area contributed by atoms with Gasteiger partial charge in [-0.2, -0.15) is 0 Å². The molecule has 0 saturated heterocycles. The number of benzene rings is 1. The standard InChI is InChI=1S/C22H25N3O4S/c1-4-29-17-7-5-16(6-8-17)25-19(26)18-13-15-9-12-30-20(15)24(18)14-22(25,2)21(27)23-10-11-28-3/h5-9,12-13H,4,10-11,14H2,1-3H3,(H,23,27). The molecule has 2 amide bonds. The van der Waals surface area contributed by atoms with Gasteiger partial charge in [-0.1, -0.05) is 0 Å². The molecule has 30 heavy (non-hydrogen) atoms. The van der Waals surface area contributed by atoms with Crippen LogP contribution in [0.5, 0.6) is 5.75 Å². The molecule has 1 aromatic carbocycles. The highest BCUT2D eigenvalue weighted by Crippen LogP contribution is 2.37. The van der Waals surface area contributed by atoms with Gasteiger partial charge in [0, 0.05) is 24.7 Å². The summed E-state index contributed by atoms with van der Waals surface area (Å²) in [7, 11) is 1.59. The van der Waals surface area contributed by atoms with Crippen molar-refractivity contribution in [2.24, 2.45) is 0 Å². The number of carbonyl (C=O) groups excluding carboxylic acids is 2. The van der Waals surface area contributed by atoms with Crippen molar-refractivity contribution >= 4 is 39.1 Å². The second-order valence-electron chi connectivity index (χ2n) is 7.39. The number of hydrogen-bond acceptors (Lipinski definition) is 5. The second-order valence-corrected chi connectivity index (χ2v) is 8.28. The fourth-order valence-electron chi connectivity index (χ4n) is 3.92. The number of hydrogen-bond donors (Lipinski definition) is 1. The number of nitrogens with one attached hydrogen (secondary N) is 1. The molecule has 1 atom stereocenters. The van der Waals surface area contributed by atoms with Crippen LogP contribution in [0.15, 0.2) is 41.8 Å². The highest BCUT2D eigenvalue weighted by Gasteiger charge is 2.48. The molecule has 0 spiro atoms. The lowest BCUT2D eigenvalue weighted by molar-refractivity contribution is -0.126. The number of anilines is 1. The lowest BCUT2D eigenvalue weighted by Crippen LogP contribution is -2.64. The third-order valence-electron chi connectivity index (χ3n) is 5.37. The van der Waals surface area contributed by atoms with Crippen molar-refractivity contribution in [1.29, 1.82) is 0 Å². The predicted octanol–water partition coefficient (Wildman–Crippen LogP) is 3.28. The maximum absolute atomic E-state index is 13.6. The van der Waals surface area contributed by atoms with Crippen LogP contribution in [0.25, 0.3) is 10.2 Å². The number of nitrogens with zero attached hydrogens (tertiary/aromatic N) is 2. The van der Waals surface area contributed by atoms with E-state index in [0.29, 0.717) is 37.7 Å². The SMILES string of the molecule is CCOc1ccc(N2C(=O)c3cc4ccsc4n3CC2(C)C(=O)NCCOC)cc1. The van der Waals surface area contributed by atoms with Crippen LogP contribution in [-0.2, 0) is 16.1 Å². The summed E-state index contributed by atoms with van der Waals surface area (Å²) in [6.45, 7) is 5.44. The van der Waals surface area contributed by atoms with E-state index >= 15 is 0 Å². The number of rotatable bonds is 7. The Balaban J connectivity index is 1.78. The molecule has 0 aliphatic carbocycles. The van der Waals surface area contributed by atoms with Crippen molar-refractivity contribution in [3.05, 3.63) is 47.5 Å². The van der Waals surface area contributed by atoms with E-state index in [-0.39, 0.29) is 11.8 Å². The fraction of sp³-hybridized carbons (Fsp3) is 0.364. The molecular formula is C22H25N3O4S. The second kappa shape index (κ2) is 8.12. The zero-order valence-corrected chi connectivity index (χ0v) is 18.1. The average Bonchev–Trinajstić information content (AvgIpc) is 3.32. The van der Waals surface area contributed by atoms with E-state index in [2.05, 4.69) is 5.32 Å². The van der Waals surface area contributed by atoms with Gasteiger partial charge in [-0.15, -0.1) is 11.3 Å². The van der Waals surface area contributed by atoms with E-state index in [0.717, 1.165) is 16.0 Å². The summed E-state index contributed by atoms with van der Waals surface area (Å²) >= 11 is 1.57. The van der Waals surface area contributed by atoms with E-state index in [1.807, 2.05) is 60.2 Å². The summed E-state index contributed by atoms with van der Waals surface area (Å²) < 4.78 is 12.5. The molecule has 7 nitrogen and oxygen atoms in total.